The molecule has 5 rings (SSSR count). The van der Waals surface area contributed by atoms with E-state index in [0.717, 1.165) is 0 Å². The van der Waals surface area contributed by atoms with Gasteiger partial charge in [-0.25, -0.2) is 4.79 Å². The van der Waals surface area contributed by atoms with Crippen molar-refractivity contribution < 1.29 is 14.9 Å². The number of nitrogens with one attached hydrogen (secondary N) is 2. The van der Waals surface area contributed by atoms with E-state index in [-0.39, 0.29) is 41.8 Å². The van der Waals surface area contributed by atoms with E-state index in [1.165, 1.54) is 16.2 Å². The van der Waals surface area contributed by atoms with E-state index in [2.05, 4.69) is 25.2 Å². The molecule has 0 aliphatic heterocycles. The third-order valence-electron chi connectivity index (χ3n) is 5.46. The maximum atomic E-state index is 12.6. The second-order valence-electron chi connectivity index (χ2n) is 7.86. The second-order valence-corrected chi connectivity index (χ2v) is 7.86. The fourth-order valence-electron chi connectivity index (χ4n) is 3.75. The van der Waals surface area contributed by atoms with Gasteiger partial charge in [0.2, 0.25) is 5.88 Å². The van der Waals surface area contributed by atoms with Gasteiger partial charge in [0.05, 0.1) is 12.1 Å². The molecule has 0 saturated heterocycles. The minimum Gasteiger partial charge on any atom is -0.493 e. The molecule has 0 spiro atoms. The molecular weight excluding hydrogens is 454 g/mol. The third kappa shape index (κ3) is 4.17. The van der Waals surface area contributed by atoms with Crippen LogP contribution in [0.25, 0.3) is 22.1 Å². The van der Waals surface area contributed by atoms with Crippen molar-refractivity contribution in [2.75, 3.05) is 6.61 Å². The fourth-order valence-corrected chi connectivity index (χ4v) is 3.75. The van der Waals surface area contributed by atoms with Gasteiger partial charge in [-0.15, -0.1) is 10.2 Å². The number of benzene rings is 2. The molecule has 1 atom stereocenters. The van der Waals surface area contributed by atoms with Crippen molar-refractivity contribution in [3.63, 3.8) is 0 Å². The van der Waals surface area contributed by atoms with E-state index in [4.69, 9.17) is 4.74 Å². The number of hydrogen-bond acceptors (Lipinski definition) is 8. The molecule has 0 aliphatic carbocycles. The van der Waals surface area contributed by atoms with Crippen LogP contribution in [-0.4, -0.2) is 47.0 Å². The number of aromatic amines is 2. The molecule has 12 heteroatoms. The predicted molar refractivity (Wildman–Crippen MR) is 128 cm³/mol. The van der Waals surface area contributed by atoms with Crippen LogP contribution in [0.15, 0.2) is 74.4 Å². The molecule has 12 nitrogen and oxygen atoms in total. The standard InChI is InChI=1S/C23H21N7O5/c1-29-19-18(21(33)26-23(29)34)30(11-13(31)12-35-14-7-3-2-4-8-14)22(25-19)28-27-17-15-9-5-6-10-16(15)24-20(17)32/h2-10,13,24,31-32H,11-12H2,1H3,(H,26,33,34). The van der Waals surface area contributed by atoms with Crippen LogP contribution in [0.1, 0.15) is 0 Å². The van der Waals surface area contributed by atoms with Crippen LogP contribution in [0, 0.1) is 0 Å². The number of azo groups is 1. The summed E-state index contributed by atoms with van der Waals surface area (Å²) in [5.41, 5.74) is -0.342. The summed E-state index contributed by atoms with van der Waals surface area (Å²) in [4.78, 5) is 34.1. The molecule has 3 aromatic heterocycles. The summed E-state index contributed by atoms with van der Waals surface area (Å²) in [6.07, 6.45) is -1.04. The first-order valence-corrected chi connectivity index (χ1v) is 10.7. The van der Waals surface area contributed by atoms with Gasteiger partial charge < -0.3 is 19.9 Å². The number of aliphatic hydroxyl groups excluding tert-OH is 1. The van der Waals surface area contributed by atoms with Gasteiger partial charge in [0.1, 0.15) is 18.5 Å². The molecule has 35 heavy (non-hydrogen) atoms. The van der Waals surface area contributed by atoms with Crippen molar-refractivity contribution in [1.29, 1.82) is 0 Å². The number of nitrogens with zero attached hydrogens (tertiary/aromatic N) is 5. The fraction of sp³-hybridized carbons (Fsp3) is 0.174. The van der Waals surface area contributed by atoms with E-state index in [9.17, 15) is 19.8 Å². The Morgan fingerprint density at radius 3 is 2.60 bits per heavy atom. The number of imidazole rings is 1. The number of hydrogen-bond donors (Lipinski definition) is 4. The first-order valence-electron chi connectivity index (χ1n) is 10.7. The predicted octanol–water partition coefficient (Wildman–Crippen LogP) is 2.47. The van der Waals surface area contributed by atoms with Crippen molar-refractivity contribution in [3.05, 3.63) is 75.4 Å². The third-order valence-corrected chi connectivity index (χ3v) is 5.46. The zero-order valence-corrected chi connectivity index (χ0v) is 18.5. The molecule has 3 heterocycles. The lowest BCUT2D eigenvalue weighted by atomic mass is 10.2. The van der Waals surface area contributed by atoms with Crippen LogP contribution in [0.4, 0.5) is 11.6 Å². The van der Waals surface area contributed by atoms with Gasteiger partial charge in [0.15, 0.2) is 16.9 Å². The van der Waals surface area contributed by atoms with Gasteiger partial charge in [-0.2, -0.15) is 4.98 Å². The molecule has 0 radical (unpaired) electrons. The topological polar surface area (TPSA) is 163 Å². The number of para-hydroxylation sites is 2. The van der Waals surface area contributed by atoms with Crippen molar-refractivity contribution in [3.8, 4) is 11.6 Å². The lowest BCUT2D eigenvalue weighted by molar-refractivity contribution is 0.0937. The van der Waals surface area contributed by atoms with E-state index in [1.807, 2.05) is 24.3 Å². The highest BCUT2D eigenvalue weighted by atomic mass is 16.5. The maximum Gasteiger partial charge on any atom is 0.329 e. The smallest absolute Gasteiger partial charge is 0.329 e. The van der Waals surface area contributed by atoms with E-state index < -0.39 is 17.4 Å². The lowest BCUT2D eigenvalue weighted by Gasteiger charge is -2.14. The zero-order valence-electron chi connectivity index (χ0n) is 18.5. The summed E-state index contributed by atoms with van der Waals surface area (Å²) < 4.78 is 8.14. The Balaban J connectivity index is 1.54. The van der Waals surface area contributed by atoms with Crippen molar-refractivity contribution >= 4 is 33.7 Å². The molecule has 1 unspecified atom stereocenters. The number of fused-ring (bicyclic) bond motifs is 2. The normalized spacial score (nSPS) is 12.6. The van der Waals surface area contributed by atoms with E-state index >= 15 is 0 Å². The minimum absolute atomic E-state index is 0.0323. The first kappa shape index (κ1) is 22.1. The van der Waals surface area contributed by atoms with Crippen LogP contribution in [0.2, 0.25) is 0 Å². The Morgan fingerprint density at radius 1 is 1.06 bits per heavy atom. The van der Waals surface area contributed by atoms with Gasteiger partial charge in [0.25, 0.3) is 11.5 Å². The monoisotopic (exact) mass is 475 g/mol. The summed E-state index contributed by atoms with van der Waals surface area (Å²) in [5.74, 6) is 0.367. The number of aromatic hydroxyl groups is 1. The quantitative estimate of drug-likeness (QED) is 0.264. The summed E-state index contributed by atoms with van der Waals surface area (Å²) >= 11 is 0. The molecule has 0 amide bonds. The number of H-pyrrole nitrogens is 2. The Morgan fingerprint density at radius 2 is 1.80 bits per heavy atom. The highest BCUT2D eigenvalue weighted by molar-refractivity contribution is 5.94. The highest BCUT2D eigenvalue weighted by Crippen LogP contribution is 2.36. The average molecular weight is 475 g/mol. The summed E-state index contributed by atoms with van der Waals surface area (Å²) in [6, 6.07) is 16.1. The summed E-state index contributed by atoms with van der Waals surface area (Å²) in [6.45, 7) is -0.175. The Hall–Kier alpha value is -4.71. The number of ether oxygens (including phenoxy) is 1. The minimum atomic E-state index is -1.04. The summed E-state index contributed by atoms with van der Waals surface area (Å²) in [7, 11) is 1.46. The zero-order chi connectivity index (χ0) is 24.5. The van der Waals surface area contributed by atoms with Gasteiger partial charge in [-0.1, -0.05) is 36.4 Å². The SMILES string of the molecule is Cn1c(=O)[nH]c(=O)c2c1nc(N=Nc1c(O)[nH]c3ccccc13)n2CC(O)COc1ccccc1. The highest BCUT2D eigenvalue weighted by Gasteiger charge is 2.20. The second kappa shape index (κ2) is 8.91. The van der Waals surface area contributed by atoms with Crippen molar-refractivity contribution in [2.45, 2.75) is 12.6 Å². The molecule has 0 saturated carbocycles. The van der Waals surface area contributed by atoms with Gasteiger partial charge in [0, 0.05) is 12.4 Å². The molecule has 5 aromatic rings. The number of aliphatic hydroxyl groups is 1. The van der Waals surface area contributed by atoms with Crippen LogP contribution in [-0.2, 0) is 13.6 Å². The molecule has 4 N–H and O–H groups in total. The Labute approximate surface area is 196 Å². The molecule has 178 valence electrons. The van der Waals surface area contributed by atoms with Gasteiger partial charge in [-0.3, -0.25) is 18.9 Å². The number of aryl methyl sites for hydroxylation is 1. The molecule has 0 fully saturated rings. The van der Waals surface area contributed by atoms with Crippen LogP contribution >= 0.6 is 0 Å². The van der Waals surface area contributed by atoms with Crippen LogP contribution in [0.5, 0.6) is 11.6 Å². The maximum absolute atomic E-state index is 12.6. The number of rotatable bonds is 7. The average Bonchev–Trinajstić information content (AvgIpc) is 3.37. The van der Waals surface area contributed by atoms with E-state index in [0.29, 0.717) is 16.7 Å². The molecule has 0 aliphatic rings. The van der Waals surface area contributed by atoms with Gasteiger partial charge in [-0.05, 0) is 18.2 Å². The largest absolute Gasteiger partial charge is 0.493 e. The summed E-state index contributed by atoms with van der Waals surface area (Å²) in [5, 5.41) is 29.9. The van der Waals surface area contributed by atoms with Gasteiger partial charge >= 0.3 is 5.69 Å². The van der Waals surface area contributed by atoms with Crippen LogP contribution < -0.4 is 16.0 Å². The lowest BCUT2D eigenvalue weighted by Crippen LogP contribution is -2.30. The number of aromatic nitrogens is 5. The molecular formula is C23H21N7O5. The van der Waals surface area contributed by atoms with Crippen molar-refractivity contribution in [1.82, 2.24) is 24.1 Å². The molecule has 0 bridgehead atoms. The van der Waals surface area contributed by atoms with Crippen LogP contribution in [0.3, 0.4) is 0 Å². The first-order chi connectivity index (χ1) is 16.9. The Kier molecular flexibility index (Phi) is 5.63. The Bertz CT molecular complexity index is 1660. The van der Waals surface area contributed by atoms with Crippen molar-refractivity contribution in [2.24, 2.45) is 17.3 Å². The molecule has 2 aromatic carbocycles. The van der Waals surface area contributed by atoms with E-state index in [1.54, 1.807) is 30.3 Å².